The van der Waals surface area contributed by atoms with Crippen molar-refractivity contribution in [1.82, 2.24) is 4.90 Å². The van der Waals surface area contributed by atoms with Crippen LogP contribution in [0.25, 0.3) is 0 Å². The Balaban J connectivity index is 2.27. The Morgan fingerprint density at radius 1 is 1.50 bits per heavy atom. The number of nitrogens with zero attached hydrogens (tertiary/aromatic N) is 1. The van der Waals surface area contributed by atoms with Crippen LogP contribution in [0.3, 0.4) is 0 Å². The Morgan fingerprint density at radius 2 is 2.17 bits per heavy atom. The molecule has 32 valence electrons. The Labute approximate surface area is 38.0 Å². The van der Waals surface area contributed by atoms with E-state index in [0.29, 0.717) is 0 Å². The standard InChI is InChI=1S/C5H7N/c1-2-3-6-4-5-6/h4-5H2,1H3. The van der Waals surface area contributed by atoms with Gasteiger partial charge < -0.3 is 4.90 Å². The first-order chi connectivity index (χ1) is 2.93. The number of hydrogen-bond acceptors (Lipinski definition) is 1. The summed E-state index contributed by atoms with van der Waals surface area (Å²) in [5.41, 5.74) is 0. The summed E-state index contributed by atoms with van der Waals surface area (Å²) in [5, 5.41) is 0. The summed E-state index contributed by atoms with van der Waals surface area (Å²) in [6.45, 7) is 4.22. The minimum Gasteiger partial charge on any atom is -0.329 e. The van der Waals surface area contributed by atoms with Crippen molar-refractivity contribution in [2.45, 2.75) is 6.92 Å². The van der Waals surface area contributed by atoms with Gasteiger partial charge in [0.15, 0.2) is 0 Å². The van der Waals surface area contributed by atoms with Crippen molar-refractivity contribution in [1.29, 1.82) is 0 Å². The average Bonchev–Trinajstić information content (AvgIpc) is 2.21. The largest absolute Gasteiger partial charge is 0.329 e. The second kappa shape index (κ2) is 1.22. The molecule has 0 aromatic carbocycles. The highest BCUT2D eigenvalue weighted by Crippen LogP contribution is 1.97. The molecule has 0 aromatic rings. The Bertz CT molecular complexity index is 92.2. The van der Waals surface area contributed by atoms with Gasteiger partial charge in [0.25, 0.3) is 0 Å². The van der Waals surface area contributed by atoms with Crippen LogP contribution in [0, 0.1) is 12.0 Å². The normalized spacial score (nSPS) is 15.8. The van der Waals surface area contributed by atoms with Gasteiger partial charge in [0, 0.05) is 19.1 Å². The van der Waals surface area contributed by atoms with Gasteiger partial charge in [-0.2, -0.15) is 0 Å². The average molecular weight is 81.1 g/mol. The third kappa shape index (κ3) is 0.651. The quantitative estimate of drug-likeness (QED) is 0.299. The predicted octanol–water partition coefficient (Wildman–Crippen LogP) is 0.283. The van der Waals surface area contributed by atoms with Gasteiger partial charge in [0.05, 0.1) is 0 Å². The molecule has 0 unspecified atom stereocenters. The highest BCUT2D eigenvalue weighted by molar-refractivity contribution is 5.00. The number of rotatable bonds is 0. The Kier molecular flexibility index (Phi) is 0.719. The molecule has 0 radical (unpaired) electrons. The van der Waals surface area contributed by atoms with Crippen LogP contribution in [0.4, 0.5) is 0 Å². The molecular formula is C5H7N. The fraction of sp³-hybridized carbons (Fsp3) is 0.600. The maximum absolute atomic E-state index is 2.90. The third-order valence-electron chi connectivity index (χ3n) is 0.717. The molecule has 1 aliphatic rings. The molecule has 6 heavy (non-hydrogen) atoms. The highest BCUT2D eigenvalue weighted by atomic mass is 15.2. The summed E-state index contributed by atoms with van der Waals surface area (Å²) in [5.74, 6) is 2.81. The number of hydrogen-bond donors (Lipinski definition) is 0. The van der Waals surface area contributed by atoms with Crippen LogP contribution >= 0.6 is 0 Å². The summed E-state index contributed by atoms with van der Waals surface area (Å²) in [4.78, 5) is 2.07. The van der Waals surface area contributed by atoms with E-state index in [4.69, 9.17) is 0 Å². The molecule has 0 bridgehead atoms. The second-order valence-corrected chi connectivity index (χ2v) is 1.35. The van der Waals surface area contributed by atoms with Gasteiger partial charge in [-0.05, 0) is 6.92 Å². The van der Waals surface area contributed by atoms with Gasteiger partial charge >= 0.3 is 0 Å². The van der Waals surface area contributed by atoms with Crippen LogP contribution in [0.2, 0.25) is 0 Å². The molecule has 1 heteroatoms. The van der Waals surface area contributed by atoms with E-state index in [9.17, 15) is 0 Å². The third-order valence-corrected chi connectivity index (χ3v) is 0.717. The van der Waals surface area contributed by atoms with Crippen molar-refractivity contribution in [2.75, 3.05) is 13.1 Å². The molecule has 0 saturated carbocycles. The molecule has 1 heterocycles. The van der Waals surface area contributed by atoms with Gasteiger partial charge in [-0.3, -0.25) is 0 Å². The van der Waals surface area contributed by atoms with Crippen molar-refractivity contribution in [2.24, 2.45) is 0 Å². The molecule has 0 atom stereocenters. The molecule has 1 saturated heterocycles. The van der Waals surface area contributed by atoms with E-state index >= 15 is 0 Å². The summed E-state index contributed by atoms with van der Waals surface area (Å²) in [7, 11) is 0. The molecule has 0 N–H and O–H groups in total. The predicted molar refractivity (Wildman–Crippen MR) is 25.0 cm³/mol. The monoisotopic (exact) mass is 81.1 g/mol. The molecule has 0 aromatic heterocycles. The van der Waals surface area contributed by atoms with E-state index in [0.717, 1.165) is 0 Å². The zero-order valence-corrected chi connectivity index (χ0v) is 3.86. The highest BCUT2D eigenvalue weighted by Gasteiger charge is 2.10. The van der Waals surface area contributed by atoms with Crippen LogP contribution < -0.4 is 0 Å². The van der Waals surface area contributed by atoms with E-state index in [-0.39, 0.29) is 0 Å². The van der Waals surface area contributed by atoms with Crippen LogP contribution in [-0.4, -0.2) is 18.0 Å². The molecule has 1 nitrogen and oxygen atoms in total. The lowest BCUT2D eigenvalue weighted by atomic mass is 10.8. The van der Waals surface area contributed by atoms with Crippen LogP contribution in [-0.2, 0) is 0 Å². The lowest BCUT2D eigenvalue weighted by molar-refractivity contribution is 0.818. The first-order valence-electron chi connectivity index (χ1n) is 2.11. The van der Waals surface area contributed by atoms with Gasteiger partial charge in [-0.15, -0.1) is 0 Å². The second-order valence-electron chi connectivity index (χ2n) is 1.35. The molecule has 0 spiro atoms. The Hall–Kier alpha value is -0.640. The van der Waals surface area contributed by atoms with Crippen LogP contribution in [0.5, 0.6) is 0 Å². The fourth-order valence-corrected chi connectivity index (χ4v) is 0.320. The lowest BCUT2D eigenvalue weighted by Crippen LogP contribution is -1.77. The molecule has 1 fully saturated rings. The molecule has 1 aliphatic heterocycles. The summed E-state index contributed by atoms with van der Waals surface area (Å²) < 4.78 is 0. The first-order valence-corrected chi connectivity index (χ1v) is 2.11. The van der Waals surface area contributed by atoms with Crippen molar-refractivity contribution >= 4 is 0 Å². The van der Waals surface area contributed by atoms with Gasteiger partial charge in [0.1, 0.15) is 0 Å². The van der Waals surface area contributed by atoms with Crippen molar-refractivity contribution in [3.63, 3.8) is 0 Å². The van der Waals surface area contributed by atoms with E-state index in [1.807, 2.05) is 6.92 Å². The molecular weight excluding hydrogens is 74.1 g/mol. The van der Waals surface area contributed by atoms with Gasteiger partial charge in [-0.1, -0.05) is 5.92 Å². The van der Waals surface area contributed by atoms with Gasteiger partial charge in [-0.25, -0.2) is 0 Å². The SMILES string of the molecule is CC#CN1CC1. The molecule has 0 amide bonds. The van der Waals surface area contributed by atoms with Crippen LogP contribution in [0.15, 0.2) is 0 Å². The van der Waals surface area contributed by atoms with Crippen molar-refractivity contribution in [3.05, 3.63) is 0 Å². The van der Waals surface area contributed by atoms with Crippen molar-refractivity contribution < 1.29 is 0 Å². The van der Waals surface area contributed by atoms with Gasteiger partial charge in [0.2, 0.25) is 0 Å². The maximum Gasteiger partial charge on any atom is 0.0444 e. The topological polar surface area (TPSA) is 3.01 Å². The summed E-state index contributed by atoms with van der Waals surface area (Å²) in [6.07, 6.45) is 0. The van der Waals surface area contributed by atoms with E-state index in [1.165, 1.54) is 13.1 Å². The van der Waals surface area contributed by atoms with E-state index in [1.54, 1.807) is 0 Å². The van der Waals surface area contributed by atoms with E-state index in [2.05, 4.69) is 16.9 Å². The summed E-state index contributed by atoms with van der Waals surface area (Å²) in [6, 6.07) is 2.90. The zero-order valence-electron chi connectivity index (χ0n) is 3.86. The van der Waals surface area contributed by atoms with Crippen LogP contribution in [0.1, 0.15) is 6.92 Å². The first kappa shape index (κ1) is 3.55. The Morgan fingerprint density at radius 3 is 2.33 bits per heavy atom. The molecule has 1 rings (SSSR count). The zero-order chi connectivity index (χ0) is 4.41. The minimum atomic E-state index is 1.18. The maximum atomic E-state index is 2.90. The van der Waals surface area contributed by atoms with Crippen molar-refractivity contribution in [3.8, 4) is 12.0 Å². The minimum absolute atomic E-state index is 1.18. The summed E-state index contributed by atoms with van der Waals surface area (Å²) >= 11 is 0. The lowest BCUT2D eigenvalue weighted by Gasteiger charge is -1.74. The smallest absolute Gasteiger partial charge is 0.0444 e. The van der Waals surface area contributed by atoms with E-state index < -0.39 is 0 Å². The fourth-order valence-electron chi connectivity index (χ4n) is 0.320. The molecule has 0 aliphatic carbocycles.